The minimum atomic E-state index is -1.63. The van der Waals surface area contributed by atoms with Crippen molar-refractivity contribution in [3.8, 4) is 0 Å². The second kappa shape index (κ2) is 8.12. The van der Waals surface area contributed by atoms with Gasteiger partial charge in [0.05, 0.1) is 0 Å². The fraction of sp³-hybridized carbons (Fsp3) is 0.846. The second-order valence-corrected chi connectivity index (χ2v) is 5.84. The molecular formula is C13H24N4O8. The van der Waals surface area contributed by atoms with E-state index >= 15 is 0 Å². The molecule has 0 spiro atoms. The number of rotatable bonds is 8. The number of hydrogen-bond donors (Lipinski definition) is 6. The third kappa shape index (κ3) is 3.63. The molecule has 0 aromatic rings. The maximum absolute atomic E-state index is 12.3. The third-order valence-corrected chi connectivity index (χ3v) is 4.21. The molecule has 2 rings (SSSR count). The van der Waals surface area contributed by atoms with Gasteiger partial charge in [-0.05, 0) is 12.8 Å². The maximum atomic E-state index is 12.3. The Bertz CT molecular complexity index is 453. The molecule has 0 aromatic heterocycles. The van der Waals surface area contributed by atoms with Crippen LogP contribution in [0.2, 0.25) is 0 Å². The van der Waals surface area contributed by atoms with E-state index in [-0.39, 0.29) is 39.1 Å². The first-order valence-electron chi connectivity index (χ1n) is 7.93. The van der Waals surface area contributed by atoms with Gasteiger partial charge in [-0.2, -0.15) is 0 Å². The third-order valence-electron chi connectivity index (χ3n) is 4.21. The molecule has 0 aliphatic carbocycles. The molecule has 4 amide bonds. The molecule has 4 unspecified atom stereocenters. The zero-order chi connectivity index (χ0) is 18.7. The molecule has 2 heterocycles. The van der Waals surface area contributed by atoms with E-state index in [1.807, 2.05) is 0 Å². The lowest BCUT2D eigenvalue weighted by molar-refractivity contribution is -0.0983. The summed E-state index contributed by atoms with van der Waals surface area (Å²) in [5, 5.41) is 57.6. The van der Waals surface area contributed by atoms with Crippen LogP contribution in [-0.2, 0) is 0 Å². The first-order chi connectivity index (χ1) is 11.8. The van der Waals surface area contributed by atoms with Gasteiger partial charge in [-0.15, -0.1) is 0 Å². The van der Waals surface area contributed by atoms with E-state index in [2.05, 4.69) is 0 Å². The molecule has 12 nitrogen and oxygen atoms in total. The number of aliphatic hydroxyl groups is 6. The van der Waals surface area contributed by atoms with Crippen LogP contribution in [0.3, 0.4) is 0 Å². The van der Waals surface area contributed by atoms with E-state index in [1.54, 1.807) is 0 Å². The molecule has 2 aliphatic heterocycles. The lowest BCUT2D eigenvalue weighted by atomic mass is 10.4. The van der Waals surface area contributed by atoms with Crippen molar-refractivity contribution in [1.82, 2.24) is 19.6 Å². The summed E-state index contributed by atoms with van der Waals surface area (Å²) < 4.78 is 0. The highest BCUT2D eigenvalue weighted by Gasteiger charge is 2.49. The van der Waals surface area contributed by atoms with Gasteiger partial charge >= 0.3 is 12.1 Å². The quantitative estimate of drug-likeness (QED) is 0.257. The normalized spacial score (nSPS) is 30.2. The second-order valence-electron chi connectivity index (χ2n) is 5.84. The van der Waals surface area contributed by atoms with Crippen molar-refractivity contribution in [2.24, 2.45) is 0 Å². The van der Waals surface area contributed by atoms with Crippen molar-refractivity contribution in [2.45, 2.75) is 37.8 Å². The smallest absolute Gasteiger partial charge is 0.325 e. The average Bonchev–Trinajstić information content (AvgIpc) is 2.91. The molecule has 2 fully saturated rings. The van der Waals surface area contributed by atoms with Crippen LogP contribution >= 0.6 is 0 Å². The highest BCUT2D eigenvalue weighted by Crippen LogP contribution is 2.25. The Morgan fingerprint density at radius 1 is 0.640 bits per heavy atom. The van der Waals surface area contributed by atoms with Gasteiger partial charge in [0.25, 0.3) is 0 Å². The SMILES string of the molecule is O=C1N(CCCO)C(O)C(O)N1CN1C(=O)N(CCCO)C(O)C1O. The van der Waals surface area contributed by atoms with Gasteiger partial charge in [-0.3, -0.25) is 19.6 Å². The topological polar surface area (TPSA) is 168 Å². The Balaban J connectivity index is 2.07. The largest absolute Gasteiger partial charge is 0.396 e. The number of carbonyl (C=O) groups excluding carboxylic acids is 2. The fourth-order valence-corrected chi connectivity index (χ4v) is 2.82. The van der Waals surface area contributed by atoms with Gasteiger partial charge in [-0.1, -0.05) is 0 Å². The van der Waals surface area contributed by atoms with Crippen molar-refractivity contribution >= 4 is 12.1 Å². The van der Waals surface area contributed by atoms with E-state index in [4.69, 9.17) is 10.2 Å². The van der Waals surface area contributed by atoms with Crippen molar-refractivity contribution in [3.05, 3.63) is 0 Å². The molecule has 4 atom stereocenters. The Morgan fingerprint density at radius 2 is 0.960 bits per heavy atom. The van der Waals surface area contributed by atoms with Gasteiger partial charge in [0.1, 0.15) is 6.67 Å². The molecule has 0 bridgehead atoms. The van der Waals surface area contributed by atoms with Gasteiger partial charge in [0, 0.05) is 26.3 Å². The van der Waals surface area contributed by atoms with Gasteiger partial charge in [0.2, 0.25) is 0 Å². The highest BCUT2D eigenvalue weighted by atomic mass is 16.4. The zero-order valence-corrected chi connectivity index (χ0v) is 13.5. The Kier molecular flexibility index (Phi) is 6.37. The number of urea groups is 2. The molecule has 144 valence electrons. The summed E-state index contributed by atoms with van der Waals surface area (Å²) in [7, 11) is 0. The first kappa shape index (κ1) is 19.6. The number of aliphatic hydroxyl groups excluding tert-OH is 6. The predicted octanol–water partition coefficient (Wildman–Crippen LogP) is -3.54. The van der Waals surface area contributed by atoms with E-state index in [0.29, 0.717) is 0 Å². The number of carbonyl (C=O) groups is 2. The van der Waals surface area contributed by atoms with Crippen LogP contribution in [0.25, 0.3) is 0 Å². The minimum absolute atomic E-state index is 0.00576. The van der Waals surface area contributed by atoms with Crippen molar-refractivity contribution < 1.29 is 40.2 Å². The van der Waals surface area contributed by atoms with Crippen molar-refractivity contribution in [2.75, 3.05) is 33.0 Å². The Hall–Kier alpha value is -1.70. The monoisotopic (exact) mass is 364 g/mol. The lowest BCUT2D eigenvalue weighted by Gasteiger charge is -2.27. The predicted molar refractivity (Wildman–Crippen MR) is 80.2 cm³/mol. The van der Waals surface area contributed by atoms with Crippen LogP contribution in [-0.4, -0.2) is 120 Å². The van der Waals surface area contributed by atoms with E-state index in [9.17, 15) is 30.0 Å². The van der Waals surface area contributed by atoms with Gasteiger partial charge in [0.15, 0.2) is 24.9 Å². The van der Waals surface area contributed by atoms with Crippen molar-refractivity contribution in [3.63, 3.8) is 0 Å². The molecule has 0 radical (unpaired) electrons. The van der Waals surface area contributed by atoms with Crippen LogP contribution < -0.4 is 0 Å². The lowest BCUT2D eigenvalue weighted by Crippen LogP contribution is -2.48. The van der Waals surface area contributed by atoms with Crippen LogP contribution in [0.5, 0.6) is 0 Å². The van der Waals surface area contributed by atoms with Crippen LogP contribution in [0.1, 0.15) is 12.8 Å². The van der Waals surface area contributed by atoms with E-state index in [1.165, 1.54) is 0 Å². The number of amides is 4. The summed E-state index contributed by atoms with van der Waals surface area (Å²) in [5.74, 6) is 0. The van der Waals surface area contributed by atoms with E-state index in [0.717, 1.165) is 19.6 Å². The molecule has 2 aliphatic rings. The van der Waals surface area contributed by atoms with Gasteiger partial charge < -0.3 is 30.6 Å². The Labute approximate surface area is 143 Å². The standard InChI is InChI=1S/C13H24N4O8/c18-5-1-3-14-8(20)10(22)16(12(14)24)7-17-11(23)9(21)15(13(17)25)4-2-6-19/h8-11,18-23H,1-7H2. The minimum Gasteiger partial charge on any atom is -0.396 e. The molecule has 0 aromatic carbocycles. The zero-order valence-electron chi connectivity index (χ0n) is 13.5. The fourth-order valence-electron chi connectivity index (χ4n) is 2.82. The summed E-state index contributed by atoms with van der Waals surface area (Å²) >= 11 is 0. The Morgan fingerprint density at radius 3 is 1.28 bits per heavy atom. The van der Waals surface area contributed by atoms with Crippen molar-refractivity contribution in [1.29, 1.82) is 0 Å². The number of hydrogen-bond acceptors (Lipinski definition) is 8. The first-order valence-corrected chi connectivity index (χ1v) is 7.93. The summed E-state index contributed by atoms with van der Waals surface area (Å²) in [6.45, 7) is -0.944. The molecular weight excluding hydrogens is 340 g/mol. The number of nitrogens with zero attached hydrogens (tertiary/aromatic N) is 4. The molecule has 12 heteroatoms. The molecule has 6 N–H and O–H groups in total. The summed E-state index contributed by atoms with van der Waals surface area (Å²) in [5.41, 5.74) is 0. The van der Waals surface area contributed by atoms with Crippen LogP contribution in [0.15, 0.2) is 0 Å². The summed E-state index contributed by atoms with van der Waals surface area (Å²) in [6.07, 6.45) is -5.94. The van der Waals surface area contributed by atoms with Gasteiger partial charge in [-0.25, -0.2) is 9.59 Å². The van der Waals surface area contributed by atoms with E-state index < -0.39 is 43.6 Å². The molecule has 2 saturated heterocycles. The molecule has 0 saturated carbocycles. The molecule has 25 heavy (non-hydrogen) atoms. The average molecular weight is 364 g/mol. The summed E-state index contributed by atoms with van der Waals surface area (Å²) in [4.78, 5) is 28.0. The summed E-state index contributed by atoms with van der Waals surface area (Å²) in [6, 6.07) is -1.53. The highest BCUT2D eigenvalue weighted by molar-refractivity contribution is 5.80. The van der Waals surface area contributed by atoms with Crippen LogP contribution in [0.4, 0.5) is 9.59 Å². The maximum Gasteiger partial charge on any atom is 0.325 e. The van der Waals surface area contributed by atoms with Crippen LogP contribution in [0, 0.1) is 0 Å².